The van der Waals surface area contributed by atoms with Gasteiger partial charge in [0.2, 0.25) is 0 Å². The van der Waals surface area contributed by atoms with Gasteiger partial charge in [0, 0.05) is 12.5 Å². The lowest BCUT2D eigenvalue weighted by Crippen LogP contribution is -2.00. The van der Waals surface area contributed by atoms with E-state index in [9.17, 15) is 4.79 Å². The Morgan fingerprint density at radius 1 is 0.960 bits per heavy atom. The molecule has 0 aliphatic carbocycles. The molecule has 0 aliphatic heterocycles. The Bertz CT molecular complexity index is 466. The molecule has 0 radical (unpaired) electrons. The molecule has 3 atom stereocenters. The highest BCUT2D eigenvalue weighted by Crippen LogP contribution is 2.16. The molecule has 0 bridgehead atoms. The predicted molar refractivity (Wildman–Crippen MR) is 106 cm³/mol. The van der Waals surface area contributed by atoms with Gasteiger partial charge in [-0.25, -0.2) is 0 Å². The molecule has 0 fully saturated rings. The molecule has 1 aromatic carbocycles. The van der Waals surface area contributed by atoms with E-state index in [4.69, 9.17) is 4.74 Å². The van der Waals surface area contributed by atoms with Crippen LogP contribution in [0.4, 0.5) is 0 Å². The second-order valence-corrected chi connectivity index (χ2v) is 7.47. The van der Waals surface area contributed by atoms with Gasteiger partial charge in [-0.2, -0.15) is 0 Å². The molecule has 0 heterocycles. The first-order valence-electron chi connectivity index (χ1n) is 9.85. The molecule has 0 spiro atoms. The molecular weight excluding hydrogens is 308 g/mol. The molecule has 0 aliphatic rings. The predicted octanol–water partition coefficient (Wildman–Crippen LogP) is 6.21. The van der Waals surface area contributed by atoms with Crippen LogP contribution in [0.15, 0.2) is 42.5 Å². The summed E-state index contributed by atoms with van der Waals surface area (Å²) in [5.74, 6) is 1.53. The quantitative estimate of drug-likeness (QED) is 0.228. The van der Waals surface area contributed by atoms with E-state index in [2.05, 4.69) is 50.3 Å². The monoisotopic (exact) mass is 344 g/mol. The average Bonchev–Trinajstić information content (AvgIpc) is 2.62. The fourth-order valence-corrected chi connectivity index (χ4v) is 2.89. The zero-order chi connectivity index (χ0) is 18.3. The molecule has 2 nitrogen and oxygen atoms in total. The van der Waals surface area contributed by atoms with Crippen LogP contribution in [0.2, 0.25) is 0 Å². The van der Waals surface area contributed by atoms with E-state index in [1.165, 1.54) is 18.4 Å². The number of aldehydes is 1. The molecule has 0 unspecified atom stereocenters. The van der Waals surface area contributed by atoms with Gasteiger partial charge in [0.25, 0.3) is 0 Å². The molecular formula is C23H36O2. The van der Waals surface area contributed by atoms with Crippen molar-refractivity contribution in [1.29, 1.82) is 0 Å². The number of carbonyl (C=O) groups is 1. The minimum atomic E-state index is 0.215. The van der Waals surface area contributed by atoms with Gasteiger partial charge in [0.15, 0.2) is 0 Å². The molecule has 1 aromatic rings. The van der Waals surface area contributed by atoms with E-state index in [0.29, 0.717) is 18.4 Å². The van der Waals surface area contributed by atoms with Gasteiger partial charge in [-0.3, -0.25) is 0 Å². The van der Waals surface area contributed by atoms with Crippen molar-refractivity contribution in [3.63, 3.8) is 0 Å². The van der Waals surface area contributed by atoms with Gasteiger partial charge in [0.1, 0.15) is 6.29 Å². The van der Waals surface area contributed by atoms with Crippen molar-refractivity contribution >= 4 is 6.29 Å². The second-order valence-electron chi connectivity index (χ2n) is 7.47. The summed E-state index contributed by atoms with van der Waals surface area (Å²) < 4.78 is 5.74. The van der Waals surface area contributed by atoms with Crippen molar-refractivity contribution in [3.8, 4) is 0 Å². The summed E-state index contributed by atoms with van der Waals surface area (Å²) in [5, 5.41) is 0. The van der Waals surface area contributed by atoms with Crippen molar-refractivity contribution in [2.45, 2.75) is 65.9 Å². The van der Waals surface area contributed by atoms with Gasteiger partial charge in [-0.1, -0.05) is 76.1 Å². The van der Waals surface area contributed by atoms with Crippen LogP contribution in [0.1, 0.15) is 64.9 Å². The highest BCUT2D eigenvalue weighted by Gasteiger charge is 2.04. The maximum Gasteiger partial charge on any atom is 0.122 e. The lowest BCUT2D eigenvalue weighted by Gasteiger charge is -2.10. The van der Waals surface area contributed by atoms with Crippen LogP contribution in [0.5, 0.6) is 0 Å². The fraction of sp³-hybridized carbons (Fsp3) is 0.609. The third-order valence-electron chi connectivity index (χ3n) is 4.65. The Kier molecular flexibility index (Phi) is 12.0. The first-order chi connectivity index (χ1) is 12.1. The Morgan fingerprint density at radius 3 is 2.40 bits per heavy atom. The van der Waals surface area contributed by atoms with Gasteiger partial charge < -0.3 is 9.53 Å². The Labute approximate surface area is 154 Å². The summed E-state index contributed by atoms with van der Waals surface area (Å²) >= 11 is 0. The number of benzene rings is 1. The number of hydrogen-bond donors (Lipinski definition) is 0. The highest BCUT2D eigenvalue weighted by molar-refractivity contribution is 5.52. The topological polar surface area (TPSA) is 26.3 Å². The van der Waals surface area contributed by atoms with Crippen LogP contribution in [0.25, 0.3) is 0 Å². The smallest absolute Gasteiger partial charge is 0.122 e. The van der Waals surface area contributed by atoms with Crippen molar-refractivity contribution in [3.05, 3.63) is 48.0 Å². The number of hydrogen-bond acceptors (Lipinski definition) is 2. The van der Waals surface area contributed by atoms with Gasteiger partial charge in [-0.15, -0.1) is 0 Å². The lowest BCUT2D eigenvalue weighted by atomic mass is 9.96. The lowest BCUT2D eigenvalue weighted by molar-refractivity contribution is -0.110. The number of allylic oxidation sites excluding steroid dienone is 2. The van der Waals surface area contributed by atoms with Gasteiger partial charge in [0.05, 0.1) is 6.61 Å². The zero-order valence-electron chi connectivity index (χ0n) is 16.3. The molecule has 2 heteroatoms. The van der Waals surface area contributed by atoms with Crippen LogP contribution in [-0.4, -0.2) is 12.9 Å². The SMILES string of the molecule is C[C@H](C/C=C/[C@H](C)CCCOCc1ccccc1)CCC[C@@H](C)C=O. The fourth-order valence-electron chi connectivity index (χ4n) is 2.89. The molecule has 0 aromatic heterocycles. The number of rotatable bonds is 14. The third-order valence-corrected chi connectivity index (χ3v) is 4.65. The van der Waals surface area contributed by atoms with E-state index in [-0.39, 0.29) is 5.92 Å². The maximum atomic E-state index is 10.6. The van der Waals surface area contributed by atoms with Crippen LogP contribution >= 0.6 is 0 Å². The van der Waals surface area contributed by atoms with Crippen LogP contribution < -0.4 is 0 Å². The summed E-state index contributed by atoms with van der Waals surface area (Å²) in [6.07, 6.45) is 12.6. The van der Waals surface area contributed by atoms with E-state index in [1.54, 1.807) is 0 Å². The van der Waals surface area contributed by atoms with E-state index >= 15 is 0 Å². The Morgan fingerprint density at radius 2 is 1.68 bits per heavy atom. The summed E-state index contributed by atoms with van der Waals surface area (Å²) in [7, 11) is 0. The van der Waals surface area contributed by atoms with Gasteiger partial charge >= 0.3 is 0 Å². The summed E-state index contributed by atoms with van der Waals surface area (Å²) in [4.78, 5) is 10.6. The second kappa shape index (κ2) is 13.8. The van der Waals surface area contributed by atoms with E-state index in [0.717, 1.165) is 38.6 Å². The van der Waals surface area contributed by atoms with Crippen molar-refractivity contribution in [2.75, 3.05) is 6.61 Å². The molecule has 0 saturated heterocycles. The molecule has 0 N–H and O–H groups in total. The van der Waals surface area contributed by atoms with Crippen molar-refractivity contribution in [1.82, 2.24) is 0 Å². The normalized spacial score (nSPS) is 15.2. The minimum absolute atomic E-state index is 0.215. The molecule has 0 saturated carbocycles. The largest absolute Gasteiger partial charge is 0.377 e. The standard InChI is InChI=1S/C23H36O2/c1-20(12-8-13-22(3)18-24)10-7-11-21(2)14-9-17-25-19-23-15-5-4-6-16-23/h4-7,11,15-16,18,20-22H,8-10,12-14,17,19H2,1-3H3/b11-7+/t20-,21+,22-/m1/s1. The third kappa shape index (κ3) is 11.7. The van der Waals surface area contributed by atoms with E-state index < -0.39 is 0 Å². The minimum Gasteiger partial charge on any atom is -0.377 e. The van der Waals surface area contributed by atoms with Crippen LogP contribution in [-0.2, 0) is 16.1 Å². The summed E-state index contributed by atoms with van der Waals surface area (Å²) in [6.45, 7) is 8.13. The molecule has 140 valence electrons. The molecule has 25 heavy (non-hydrogen) atoms. The summed E-state index contributed by atoms with van der Waals surface area (Å²) in [6, 6.07) is 10.3. The van der Waals surface area contributed by atoms with E-state index in [1.807, 2.05) is 13.0 Å². The Balaban J connectivity index is 2.02. The van der Waals surface area contributed by atoms with Crippen LogP contribution in [0, 0.1) is 17.8 Å². The first-order valence-corrected chi connectivity index (χ1v) is 9.85. The van der Waals surface area contributed by atoms with Crippen LogP contribution in [0.3, 0.4) is 0 Å². The molecule has 1 rings (SSSR count). The average molecular weight is 345 g/mol. The first kappa shape index (κ1) is 21.6. The van der Waals surface area contributed by atoms with Gasteiger partial charge in [-0.05, 0) is 43.1 Å². The Hall–Kier alpha value is -1.41. The maximum absolute atomic E-state index is 10.6. The summed E-state index contributed by atoms with van der Waals surface area (Å²) in [5.41, 5.74) is 1.24. The van der Waals surface area contributed by atoms with Crippen molar-refractivity contribution in [2.24, 2.45) is 17.8 Å². The van der Waals surface area contributed by atoms with Crippen molar-refractivity contribution < 1.29 is 9.53 Å². The zero-order valence-corrected chi connectivity index (χ0v) is 16.3. The highest BCUT2D eigenvalue weighted by atomic mass is 16.5. The number of carbonyl (C=O) groups excluding carboxylic acids is 1. The molecule has 0 amide bonds. The number of ether oxygens (including phenoxy) is 1.